The van der Waals surface area contributed by atoms with E-state index in [4.69, 9.17) is 5.73 Å². The molecule has 0 aliphatic rings. The maximum absolute atomic E-state index is 12.1. The topological polar surface area (TPSA) is 85.1 Å². The van der Waals surface area contributed by atoms with E-state index in [-0.39, 0.29) is 5.75 Å². The summed E-state index contributed by atoms with van der Waals surface area (Å²) in [7, 11) is -3.50. The monoisotopic (exact) mass is 369 g/mol. The summed E-state index contributed by atoms with van der Waals surface area (Å²) in [5, 5.41) is 0. The zero-order chi connectivity index (χ0) is 15.5. The number of aromatic nitrogens is 1. The van der Waals surface area contributed by atoms with E-state index < -0.39 is 10.0 Å². The number of nitrogens with two attached hydrogens (primary N) is 1. The second-order valence-electron chi connectivity index (χ2n) is 4.70. The Labute approximate surface area is 132 Å². The Morgan fingerprint density at radius 3 is 2.43 bits per heavy atom. The first-order valence-corrected chi connectivity index (χ1v) is 8.74. The fourth-order valence-electron chi connectivity index (χ4n) is 1.78. The van der Waals surface area contributed by atoms with Crippen LogP contribution in [-0.4, -0.2) is 13.4 Å². The lowest BCUT2D eigenvalue weighted by molar-refractivity contribution is 0.600. The maximum Gasteiger partial charge on any atom is 0.238 e. The van der Waals surface area contributed by atoms with Crippen LogP contribution in [0, 0.1) is 6.92 Å². The molecule has 0 saturated heterocycles. The van der Waals surface area contributed by atoms with Crippen LogP contribution in [-0.2, 0) is 22.3 Å². The van der Waals surface area contributed by atoms with Crippen LogP contribution in [0.1, 0.15) is 16.7 Å². The van der Waals surface area contributed by atoms with Crippen LogP contribution in [0.25, 0.3) is 0 Å². The summed E-state index contributed by atoms with van der Waals surface area (Å²) in [5.74, 6) is 0.212. The Morgan fingerprint density at radius 2 is 1.86 bits per heavy atom. The quantitative estimate of drug-likeness (QED) is 0.847. The molecule has 5 nitrogen and oxygen atoms in total. The minimum absolute atomic E-state index is 0.103. The van der Waals surface area contributed by atoms with Gasteiger partial charge in [0.1, 0.15) is 5.82 Å². The predicted molar refractivity (Wildman–Crippen MR) is 87.3 cm³/mol. The molecule has 0 fully saturated rings. The second kappa shape index (κ2) is 6.55. The SMILES string of the molecule is Cc1cc(NS(=O)(=O)Cc2ccc(CN)cc2)ncc1Br. The highest BCUT2D eigenvalue weighted by Gasteiger charge is 2.13. The van der Waals surface area contributed by atoms with Crippen LogP contribution in [0.15, 0.2) is 41.0 Å². The highest BCUT2D eigenvalue weighted by molar-refractivity contribution is 9.10. The van der Waals surface area contributed by atoms with Crippen LogP contribution in [0.4, 0.5) is 5.82 Å². The fourth-order valence-corrected chi connectivity index (χ4v) is 3.13. The van der Waals surface area contributed by atoms with E-state index in [1.165, 1.54) is 0 Å². The molecule has 0 spiro atoms. The molecule has 0 unspecified atom stereocenters. The van der Waals surface area contributed by atoms with Crippen molar-refractivity contribution >= 4 is 31.8 Å². The Bertz CT molecular complexity index is 730. The first-order valence-electron chi connectivity index (χ1n) is 6.30. The summed E-state index contributed by atoms with van der Waals surface area (Å²) in [4.78, 5) is 4.04. The summed E-state index contributed by atoms with van der Waals surface area (Å²) in [6.07, 6.45) is 1.57. The maximum atomic E-state index is 12.1. The molecule has 0 amide bonds. The van der Waals surface area contributed by atoms with Gasteiger partial charge in [-0.2, -0.15) is 0 Å². The third kappa shape index (κ3) is 4.52. The number of hydrogen-bond donors (Lipinski definition) is 2. The molecule has 2 aromatic rings. The van der Waals surface area contributed by atoms with Crippen molar-refractivity contribution in [2.45, 2.75) is 19.2 Å². The van der Waals surface area contributed by atoms with Crippen LogP contribution >= 0.6 is 15.9 Å². The van der Waals surface area contributed by atoms with E-state index in [0.717, 1.165) is 15.6 Å². The number of hydrogen-bond acceptors (Lipinski definition) is 4. The van der Waals surface area contributed by atoms with E-state index in [1.54, 1.807) is 24.4 Å². The van der Waals surface area contributed by atoms with Crippen LogP contribution in [0.3, 0.4) is 0 Å². The third-order valence-electron chi connectivity index (χ3n) is 2.92. The van der Waals surface area contributed by atoms with Crippen molar-refractivity contribution in [3.63, 3.8) is 0 Å². The number of rotatable bonds is 5. The van der Waals surface area contributed by atoms with Gasteiger partial charge in [-0.25, -0.2) is 13.4 Å². The number of nitrogens with one attached hydrogen (secondary N) is 1. The first kappa shape index (κ1) is 15.9. The second-order valence-corrected chi connectivity index (χ2v) is 7.28. The molecule has 112 valence electrons. The van der Waals surface area contributed by atoms with Crippen LogP contribution in [0.5, 0.6) is 0 Å². The minimum atomic E-state index is -3.50. The zero-order valence-corrected chi connectivity index (χ0v) is 13.9. The van der Waals surface area contributed by atoms with Gasteiger partial charge in [0.25, 0.3) is 0 Å². The largest absolute Gasteiger partial charge is 0.326 e. The van der Waals surface area contributed by atoms with Gasteiger partial charge in [-0.05, 0) is 45.6 Å². The summed E-state index contributed by atoms with van der Waals surface area (Å²) in [5.41, 5.74) is 8.09. The number of benzene rings is 1. The number of anilines is 1. The van der Waals surface area contributed by atoms with Crippen molar-refractivity contribution in [2.24, 2.45) is 5.73 Å². The van der Waals surface area contributed by atoms with Gasteiger partial charge in [0.15, 0.2) is 0 Å². The number of nitrogens with zero attached hydrogens (tertiary/aromatic N) is 1. The summed E-state index contributed by atoms with van der Waals surface area (Å²) in [6.45, 7) is 2.31. The molecule has 3 N–H and O–H groups in total. The Kier molecular flexibility index (Phi) is 4.97. The molecule has 0 aliphatic carbocycles. The molecule has 0 saturated carbocycles. The average molecular weight is 370 g/mol. The van der Waals surface area contributed by atoms with Gasteiger partial charge in [-0.3, -0.25) is 4.72 Å². The van der Waals surface area contributed by atoms with E-state index in [1.807, 2.05) is 19.1 Å². The Morgan fingerprint density at radius 1 is 1.24 bits per heavy atom. The number of pyridine rings is 1. The smallest absolute Gasteiger partial charge is 0.238 e. The molecule has 7 heteroatoms. The fraction of sp³-hybridized carbons (Fsp3) is 0.214. The zero-order valence-electron chi connectivity index (χ0n) is 11.5. The molecule has 1 aromatic carbocycles. The van der Waals surface area contributed by atoms with E-state index in [2.05, 4.69) is 25.6 Å². The van der Waals surface area contributed by atoms with Crippen LogP contribution < -0.4 is 10.5 Å². The van der Waals surface area contributed by atoms with E-state index in [0.29, 0.717) is 17.9 Å². The number of halogens is 1. The molecule has 2 rings (SSSR count). The summed E-state index contributed by atoms with van der Waals surface area (Å²) in [6, 6.07) is 8.86. The lowest BCUT2D eigenvalue weighted by Crippen LogP contribution is -2.16. The minimum Gasteiger partial charge on any atom is -0.326 e. The standard InChI is InChI=1S/C14H16BrN3O2S/c1-10-6-14(17-8-13(10)15)18-21(19,20)9-12-4-2-11(7-16)3-5-12/h2-6,8H,7,9,16H2,1H3,(H,17,18). The Balaban J connectivity index is 2.12. The van der Waals surface area contributed by atoms with Gasteiger partial charge >= 0.3 is 0 Å². The molecule has 0 atom stereocenters. The van der Waals surface area contributed by atoms with Gasteiger partial charge in [-0.1, -0.05) is 24.3 Å². The van der Waals surface area contributed by atoms with Gasteiger partial charge < -0.3 is 5.73 Å². The molecule has 0 radical (unpaired) electrons. The van der Waals surface area contributed by atoms with Gasteiger partial charge in [-0.15, -0.1) is 0 Å². The third-order valence-corrected chi connectivity index (χ3v) is 4.99. The highest BCUT2D eigenvalue weighted by atomic mass is 79.9. The summed E-state index contributed by atoms with van der Waals surface area (Å²) >= 11 is 3.33. The van der Waals surface area contributed by atoms with Crippen molar-refractivity contribution in [1.82, 2.24) is 4.98 Å². The van der Waals surface area contributed by atoms with Crippen molar-refractivity contribution in [3.05, 3.63) is 57.7 Å². The number of aryl methyl sites for hydroxylation is 1. The van der Waals surface area contributed by atoms with Gasteiger partial charge in [0, 0.05) is 17.2 Å². The van der Waals surface area contributed by atoms with Crippen molar-refractivity contribution < 1.29 is 8.42 Å². The molecule has 0 aliphatic heterocycles. The van der Waals surface area contributed by atoms with E-state index >= 15 is 0 Å². The Hall–Kier alpha value is -1.44. The molecule has 21 heavy (non-hydrogen) atoms. The lowest BCUT2D eigenvalue weighted by Gasteiger charge is -2.09. The molecular weight excluding hydrogens is 354 g/mol. The van der Waals surface area contributed by atoms with Crippen molar-refractivity contribution in [1.29, 1.82) is 0 Å². The molecule has 1 heterocycles. The lowest BCUT2D eigenvalue weighted by atomic mass is 10.1. The number of sulfonamides is 1. The predicted octanol–water partition coefficient (Wildman–Crippen LogP) is 2.55. The summed E-state index contributed by atoms with van der Waals surface area (Å²) < 4.78 is 27.6. The van der Waals surface area contributed by atoms with Crippen molar-refractivity contribution in [2.75, 3.05) is 4.72 Å². The molecular formula is C14H16BrN3O2S. The average Bonchev–Trinajstić information content (AvgIpc) is 2.43. The normalized spacial score (nSPS) is 11.4. The van der Waals surface area contributed by atoms with Crippen molar-refractivity contribution in [3.8, 4) is 0 Å². The van der Waals surface area contributed by atoms with Crippen LogP contribution in [0.2, 0.25) is 0 Å². The van der Waals surface area contributed by atoms with Gasteiger partial charge in [0.2, 0.25) is 10.0 Å². The van der Waals surface area contributed by atoms with E-state index in [9.17, 15) is 8.42 Å². The highest BCUT2D eigenvalue weighted by Crippen LogP contribution is 2.18. The molecule has 0 bridgehead atoms. The molecule has 1 aromatic heterocycles. The van der Waals surface area contributed by atoms with Gasteiger partial charge in [0.05, 0.1) is 5.75 Å². The first-order chi connectivity index (χ1) is 9.89.